The van der Waals surface area contributed by atoms with Crippen molar-refractivity contribution in [1.82, 2.24) is 19.0 Å². The van der Waals surface area contributed by atoms with Gasteiger partial charge in [-0.2, -0.15) is 0 Å². The summed E-state index contributed by atoms with van der Waals surface area (Å²) in [6, 6.07) is 11.7. The highest BCUT2D eigenvalue weighted by Crippen LogP contribution is 2.32. The van der Waals surface area contributed by atoms with Crippen LogP contribution in [-0.2, 0) is 24.9 Å². The normalized spacial score (nSPS) is 17.6. The number of aryl methyl sites for hydroxylation is 1. The van der Waals surface area contributed by atoms with E-state index < -0.39 is 5.91 Å². The van der Waals surface area contributed by atoms with Crippen LogP contribution in [0.1, 0.15) is 30.4 Å². The van der Waals surface area contributed by atoms with E-state index in [-0.39, 0.29) is 18.1 Å². The van der Waals surface area contributed by atoms with Gasteiger partial charge in [-0.3, -0.25) is 19.1 Å². The maximum Gasteiger partial charge on any atom is 0.261 e. The molecule has 0 radical (unpaired) electrons. The van der Waals surface area contributed by atoms with Crippen LogP contribution in [0.15, 0.2) is 47.4 Å². The van der Waals surface area contributed by atoms with E-state index in [1.54, 1.807) is 12.1 Å². The Labute approximate surface area is 157 Å². The van der Waals surface area contributed by atoms with E-state index in [0.717, 1.165) is 19.4 Å². The molecule has 0 saturated carbocycles. The summed E-state index contributed by atoms with van der Waals surface area (Å²) in [7, 11) is 2.04. The summed E-state index contributed by atoms with van der Waals surface area (Å²) in [5.74, 6) is 0.0365. The van der Waals surface area contributed by atoms with Crippen molar-refractivity contribution in [2.45, 2.75) is 32.0 Å². The molecule has 1 amide bonds. The Morgan fingerprint density at radius 1 is 1.26 bits per heavy atom. The Kier molecular flexibility index (Phi) is 4.53. The van der Waals surface area contributed by atoms with Crippen molar-refractivity contribution in [3.63, 3.8) is 0 Å². The number of rotatable bonds is 5. The molecule has 1 unspecified atom stereocenters. The topological polar surface area (TPSA) is 86.2 Å². The Morgan fingerprint density at radius 3 is 2.81 bits per heavy atom. The number of amides is 1. The molecular formula is C20H23N5O2. The van der Waals surface area contributed by atoms with E-state index in [9.17, 15) is 9.59 Å². The van der Waals surface area contributed by atoms with Crippen molar-refractivity contribution >= 4 is 16.8 Å². The largest absolute Gasteiger partial charge is 0.368 e. The highest BCUT2D eigenvalue weighted by Gasteiger charge is 2.29. The van der Waals surface area contributed by atoms with Crippen molar-refractivity contribution in [3.8, 4) is 0 Å². The first-order valence-electron chi connectivity index (χ1n) is 9.16. The average molecular weight is 365 g/mol. The Morgan fingerprint density at radius 2 is 2.07 bits per heavy atom. The molecule has 0 aliphatic carbocycles. The minimum Gasteiger partial charge on any atom is -0.368 e. The van der Waals surface area contributed by atoms with E-state index in [1.807, 2.05) is 31.4 Å². The number of nitrogens with zero attached hydrogens (tertiary/aromatic N) is 4. The molecule has 7 heteroatoms. The summed E-state index contributed by atoms with van der Waals surface area (Å²) in [6.07, 6.45) is 4.19. The molecule has 1 aliphatic heterocycles. The third-order valence-corrected chi connectivity index (χ3v) is 5.29. The van der Waals surface area contributed by atoms with Crippen LogP contribution in [-0.4, -0.2) is 31.5 Å². The number of hydrogen-bond donors (Lipinski definition) is 1. The van der Waals surface area contributed by atoms with Gasteiger partial charge < -0.3 is 10.3 Å². The molecule has 4 rings (SSSR count). The summed E-state index contributed by atoms with van der Waals surface area (Å²) in [5, 5.41) is 0.503. The number of fused-ring (bicyclic) bond motifs is 1. The zero-order chi connectivity index (χ0) is 19.0. The highest BCUT2D eigenvalue weighted by atomic mass is 16.2. The molecule has 0 bridgehead atoms. The third kappa shape index (κ3) is 3.26. The highest BCUT2D eigenvalue weighted by molar-refractivity contribution is 5.78. The fraction of sp³-hybridized carbons (Fsp3) is 0.350. The molecule has 1 atom stereocenters. The van der Waals surface area contributed by atoms with Crippen molar-refractivity contribution in [1.29, 1.82) is 0 Å². The summed E-state index contributed by atoms with van der Waals surface area (Å²) in [5.41, 5.74) is 7.07. The quantitative estimate of drug-likeness (QED) is 0.743. The number of primary amides is 1. The lowest BCUT2D eigenvalue weighted by molar-refractivity contribution is -0.118. The van der Waals surface area contributed by atoms with E-state index in [0.29, 0.717) is 23.3 Å². The molecular weight excluding hydrogens is 342 g/mol. The first-order valence-corrected chi connectivity index (χ1v) is 9.16. The van der Waals surface area contributed by atoms with Gasteiger partial charge in [-0.05, 0) is 43.7 Å². The summed E-state index contributed by atoms with van der Waals surface area (Å²) in [6.45, 7) is 1.27. The summed E-state index contributed by atoms with van der Waals surface area (Å²) >= 11 is 0. The number of carbonyl (C=O) groups is 1. The van der Waals surface area contributed by atoms with E-state index in [4.69, 9.17) is 10.7 Å². The van der Waals surface area contributed by atoms with Gasteiger partial charge in [-0.25, -0.2) is 4.98 Å². The fourth-order valence-electron chi connectivity index (χ4n) is 4.01. The molecule has 140 valence electrons. The zero-order valence-corrected chi connectivity index (χ0v) is 15.3. The standard InChI is InChI=1S/C20H23N5O2/c1-23-10-4-8-16(23)17-9-5-11-24(17)13-19-22-15-7-3-2-6-14(15)20(27)25(19)12-18(21)26/h2-4,6-8,10,17H,5,9,11-13H2,1H3,(H2,21,26). The second-order valence-electron chi connectivity index (χ2n) is 7.08. The summed E-state index contributed by atoms with van der Waals surface area (Å²) < 4.78 is 3.55. The molecule has 3 aromatic rings. The Bertz CT molecular complexity index is 1050. The number of benzene rings is 1. The van der Waals surface area contributed by atoms with E-state index >= 15 is 0 Å². The summed E-state index contributed by atoms with van der Waals surface area (Å²) in [4.78, 5) is 31.5. The fourth-order valence-corrected chi connectivity index (χ4v) is 4.01. The molecule has 1 fully saturated rings. The van der Waals surface area contributed by atoms with Gasteiger partial charge in [0.25, 0.3) is 5.56 Å². The average Bonchev–Trinajstić information content (AvgIpc) is 3.26. The second kappa shape index (κ2) is 7.00. The molecule has 2 aromatic heterocycles. The zero-order valence-electron chi connectivity index (χ0n) is 15.3. The van der Waals surface area contributed by atoms with Crippen molar-refractivity contribution < 1.29 is 4.79 Å². The van der Waals surface area contributed by atoms with Gasteiger partial charge in [0.1, 0.15) is 12.4 Å². The number of aromatic nitrogens is 3. The van der Waals surface area contributed by atoms with Crippen LogP contribution in [0.4, 0.5) is 0 Å². The minimum atomic E-state index is -0.546. The van der Waals surface area contributed by atoms with Crippen LogP contribution >= 0.6 is 0 Å². The molecule has 7 nitrogen and oxygen atoms in total. The Hall–Kier alpha value is -2.93. The van der Waals surface area contributed by atoms with Gasteiger partial charge in [0, 0.05) is 18.9 Å². The monoisotopic (exact) mass is 365 g/mol. The molecule has 27 heavy (non-hydrogen) atoms. The first-order chi connectivity index (χ1) is 13.0. The molecule has 1 aromatic carbocycles. The SMILES string of the molecule is Cn1cccc1C1CCCN1Cc1nc2ccccc2c(=O)n1CC(N)=O. The third-order valence-electron chi connectivity index (χ3n) is 5.29. The van der Waals surface area contributed by atoms with Crippen molar-refractivity contribution in [3.05, 3.63) is 64.5 Å². The van der Waals surface area contributed by atoms with Crippen LogP contribution in [0.25, 0.3) is 10.9 Å². The number of likely N-dealkylation sites (tertiary alicyclic amines) is 1. The maximum absolute atomic E-state index is 12.9. The lowest BCUT2D eigenvalue weighted by Crippen LogP contribution is -2.34. The van der Waals surface area contributed by atoms with Gasteiger partial charge in [0.2, 0.25) is 5.91 Å². The minimum absolute atomic E-state index is 0.158. The lowest BCUT2D eigenvalue weighted by Gasteiger charge is -2.26. The van der Waals surface area contributed by atoms with Crippen molar-refractivity contribution in [2.24, 2.45) is 12.8 Å². The van der Waals surface area contributed by atoms with Gasteiger partial charge in [-0.1, -0.05) is 12.1 Å². The van der Waals surface area contributed by atoms with Gasteiger partial charge >= 0.3 is 0 Å². The van der Waals surface area contributed by atoms with Crippen LogP contribution < -0.4 is 11.3 Å². The molecule has 1 aliphatic rings. The number of nitrogens with two attached hydrogens (primary N) is 1. The van der Waals surface area contributed by atoms with Gasteiger partial charge in [0.15, 0.2) is 0 Å². The lowest BCUT2D eigenvalue weighted by atomic mass is 10.1. The Balaban J connectivity index is 1.75. The smallest absolute Gasteiger partial charge is 0.261 e. The molecule has 0 spiro atoms. The molecule has 1 saturated heterocycles. The first kappa shape index (κ1) is 17.5. The molecule has 2 N–H and O–H groups in total. The molecule has 3 heterocycles. The van der Waals surface area contributed by atoms with E-state index in [2.05, 4.69) is 15.5 Å². The van der Waals surface area contributed by atoms with Crippen LogP contribution in [0.5, 0.6) is 0 Å². The predicted octanol–water partition coefficient (Wildman–Crippen LogP) is 1.56. The van der Waals surface area contributed by atoms with E-state index in [1.165, 1.54) is 10.3 Å². The van der Waals surface area contributed by atoms with Crippen LogP contribution in [0.3, 0.4) is 0 Å². The van der Waals surface area contributed by atoms with Gasteiger partial charge in [-0.15, -0.1) is 0 Å². The van der Waals surface area contributed by atoms with Crippen molar-refractivity contribution in [2.75, 3.05) is 6.54 Å². The van der Waals surface area contributed by atoms with Gasteiger partial charge in [0.05, 0.1) is 23.5 Å². The number of hydrogen-bond acceptors (Lipinski definition) is 4. The number of para-hydroxylation sites is 1. The van der Waals surface area contributed by atoms with Crippen LogP contribution in [0, 0.1) is 0 Å². The second-order valence-corrected chi connectivity index (χ2v) is 7.08. The predicted molar refractivity (Wildman–Crippen MR) is 103 cm³/mol. The van der Waals surface area contributed by atoms with Crippen LogP contribution in [0.2, 0.25) is 0 Å². The maximum atomic E-state index is 12.9. The number of carbonyl (C=O) groups excluding carboxylic acids is 1.